The van der Waals surface area contributed by atoms with Crippen LogP contribution in [0.2, 0.25) is 10.0 Å². The third-order valence-corrected chi connectivity index (χ3v) is 19.2. The fourth-order valence-corrected chi connectivity index (χ4v) is 13.8. The standard InChI is InChI=1S/C17H24N4.C16H21ClN4.C16H19ClN2.C16H21FN4.C16H22N4.Y/c1-6-21-16-13(10-18-21)11-20(17(3,4)5)15-8-7-12(2)9-14(15)19-16;1-5-21-15-11(9-18-21)10-20(16(2,3)4)14-7-6-12(17)8-13(14)19-15;1-5-18-14-8-9-19(16(2,3)4)15-7-6-13(17)10-12(15)11-14;1-5-21-15-11(9-18-21)10-20(16(2,3)4)14-7-6-12(17)8-13(14)19-15;1-5-20-15-12(10-17-20)11-19(16(2,3)4)14-9-7-6-8-13(14)18-15;/h7-10,19H,6,11H2,1-5H3;6-9,19H,5,10H2,1-4H3;6-7,10H,8-9H2,1-4H3;6-9,19H,5,10H2,1-4H3;6-10,18H,5,11H2,1-4H3;/q;;-2;;;. The number of aliphatic imine (C=N–C) groups is 1. The topological polar surface area (TPSA) is 148 Å². The summed E-state index contributed by atoms with van der Waals surface area (Å²) in [6, 6.07) is 32.0. The number of aromatic nitrogens is 8. The van der Waals surface area contributed by atoms with E-state index < -0.39 is 0 Å². The van der Waals surface area contributed by atoms with Crippen molar-refractivity contribution in [1.29, 1.82) is 0 Å². The summed E-state index contributed by atoms with van der Waals surface area (Å²) in [7, 11) is 0. The second-order valence-corrected chi connectivity index (χ2v) is 32.2. The Hall–Kier alpha value is -7.84. The van der Waals surface area contributed by atoms with Crippen LogP contribution in [0.15, 0.2) is 133 Å². The summed E-state index contributed by atoms with van der Waals surface area (Å²) >= 11 is 12.3. The second kappa shape index (κ2) is 32.3. The van der Waals surface area contributed by atoms with Gasteiger partial charge >= 0.3 is 0 Å². The Bertz CT molecular complexity index is 4190. The predicted octanol–water partition coefficient (Wildman–Crippen LogP) is 20.5. The Morgan fingerprint density at radius 2 is 0.796 bits per heavy atom. The van der Waals surface area contributed by atoms with Gasteiger partial charge in [0.1, 0.15) is 29.1 Å². The number of aryl methyl sites for hydroxylation is 5. The van der Waals surface area contributed by atoms with Gasteiger partial charge in [-0.15, -0.1) is 13.0 Å². The van der Waals surface area contributed by atoms with Crippen LogP contribution in [-0.4, -0.2) is 79.6 Å². The van der Waals surface area contributed by atoms with Crippen LogP contribution in [-0.2, 0) is 85.1 Å². The van der Waals surface area contributed by atoms with Crippen molar-refractivity contribution in [2.75, 3.05) is 52.3 Å². The summed E-state index contributed by atoms with van der Waals surface area (Å²) in [5.74, 6) is 4.02. The molecular formula is C81H107Cl2FN18Y-2. The molecule has 547 valence electrons. The first kappa shape index (κ1) is 79.3. The molecule has 0 saturated carbocycles. The van der Waals surface area contributed by atoms with Crippen LogP contribution in [0.25, 0.3) is 0 Å². The molecule has 22 heteroatoms. The van der Waals surface area contributed by atoms with E-state index in [9.17, 15) is 4.39 Å². The van der Waals surface area contributed by atoms with Crippen molar-refractivity contribution in [1.82, 2.24) is 39.1 Å². The molecule has 0 unspecified atom stereocenters. The van der Waals surface area contributed by atoms with E-state index in [0.717, 1.165) is 138 Å². The zero-order valence-electron chi connectivity index (χ0n) is 64.6. The maximum atomic E-state index is 13.7. The van der Waals surface area contributed by atoms with Gasteiger partial charge in [0.05, 0.1) is 70.3 Å². The normalized spacial score (nSPS) is 14.5. The largest absolute Gasteiger partial charge is 0.473 e. The summed E-state index contributed by atoms with van der Waals surface area (Å²) in [5.41, 5.74) is 18.2. The third-order valence-electron chi connectivity index (χ3n) is 18.7. The molecule has 0 fully saturated rings. The molecule has 0 atom stereocenters. The first-order valence-corrected chi connectivity index (χ1v) is 36.6. The van der Waals surface area contributed by atoms with Gasteiger partial charge < -0.3 is 50.8 Å². The SMILES string of the molecule is CCn1ncc2c1Nc1cc(C)ccc1N(C(C)(C)C)C2.CCn1ncc2c1Nc1cc(Cl)ccc1N(C(C)(C)C)C2.CCn1ncc2c1Nc1cc(F)ccc1N(C(C)(C)C)C2.CCn1ncc2c1Nc1ccccc1N(C(C)(C)C)C2.C[C-]=NC1=[C-]c2cc(Cl)ccc2N(C(C)(C)C)CC1.[Y]. The second-order valence-electron chi connectivity index (χ2n) is 31.4. The fourth-order valence-electron chi connectivity index (χ4n) is 13.4. The van der Waals surface area contributed by atoms with Crippen molar-refractivity contribution in [2.45, 2.75) is 232 Å². The minimum Gasteiger partial charge on any atom is -0.473 e. The van der Waals surface area contributed by atoms with Gasteiger partial charge in [0.2, 0.25) is 0 Å². The molecule has 14 rings (SSSR count). The van der Waals surface area contributed by atoms with Gasteiger partial charge in [-0.05, 0) is 216 Å². The number of nitrogens with one attached hydrogen (secondary N) is 4. The molecule has 0 aliphatic carbocycles. The number of para-hydroxylation sites is 2. The summed E-state index contributed by atoms with van der Waals surface area (Å²) in [6.07, 6.45) is 14.9. The first-order chi connectivity index (χ1) is 48.1. The molecule has 9 aromatic rings. The van der Waals surface area contributed by atoms with Crippen LogP contribution in [0, 0.1) is 18.8 Å². The average Bonchev–Trinajstić information content (AvgIpc) is 1.67. The van der Waals surface area contributed by atoms with Gasteiger partial charge in [0, 0.05) is 140 Å². The van der Waals surface area contributed by atoms with E-state index in [1.165, 1.54) is 56.8 Å². The Balaban J connectivity index is 0.000000149. The number of nitrogens with zero attached hydrogens (tertiary/aromatic N) is 14. The monoisotopic (exact) mass is 1510 g/mol. The number of benzene rings is 5. The van der Waals surface area contributed by atoms with E-state index in [1.54, 1.807) is 13.0 Å². The number of fused-ring (bicyclic) bond motifs is 9. The van der Waals surface area contributed by atoms with Crippen molar-refractivity contribution in [3.63, 3.8) is 0 Å². The third kappa shape index (κ3) is 18.3. The molecule has 5 aliphatic rings. The van der Waals surface area contributed by atoms with Gasteiger partial charge in [-0.2, -0.15) is 37.9 Å². The maximum absolute atomic E-state index is 13.7. The Kier molecular flexibility index (Phi) is 24.8. The molecule has 0 spiro atoms. The number of anilines is 13. The van der Waals surface area contributed by atoms with Crippen molar-refractivity contribution in [3.05, 3.63) is 183 Å². The smallest absolute Gasteiger partial charge is 0.133 e. The molecule has 4 aromatic heterocycles. The van der Waals surface area contributed by atoms with Crippen molar-refractivity contribution < 1.29 is 37.1 Å². The molecule has 1 radical (unpaired) electrons. The zero-order chi connectivity index (χ0) is 74.0. The van der Waals surface area contributed by atoms with Gasteiger partial charge in [-0.3, -0.25) is 6.08 Å². The average molecular weight is 1510 g/mol. The number of rotatable bonds is 5. The van der Waals surface area contributed by atoms with Crippen LogP contribution >= 0.6 is 23.2 Å². The molecule has 18 nitrogen and oxygen atoms in total. The van der Waals surface area contributed by atoms with Crippen LogP contribution in [0.4, 0.5) is 78.8 Å². The Labute approximate surface area is 647 Å². The zero-order valence-corrected chi connectivity index (χ0v) is 68.9. The Morgan fingerprint density at radius 3 is 1.20 bits per heavy atom. The molecular weight excluding hydrogens is 1400 g/mol. The van der Waals surface area contributed by atoms with Crippen LogP contribution < -0.4 is 45.8 Å². The summed E-state index contributed by atoms with van der Waals surface area (Å²) in [4.78, 5) is 16.2. The molecule has 9 heterocycles. The fraction of sp³-hybridized carbons (Fsp3) is 0.444. The van der Waals surface area contributed by atoms with Gasteiger partial charge in [0.15, 0.2) is 0 Å². The number of halogens is 3. The van der Waals surface area contributed by atoms with Crippen molar-refractivity contribution >= 4 is 104 Å². The van der Waals surface area contributed by atoms with Gasteiger partial charge in [-0.25, -0.2) is 23.1 Å². The van der Waals surface area contributed by atoms with Crippen LogP contribution in [0.3, 0.4) is 0 Å². The summed E-state index contributed by atoms with van der Waals surface area (Å²) < 4.78 is 21.6. The number of hydrogen-bond acceptors (Lipinski definition) is 14. The minimum absolute atomic E-state index is 0. The molecule has 103 heavy (non-hydrogen) atoms. The van der Waals surface area contributed by atoms with E-state index in [-0.39, 0.29) is 66.2 Å². The summed E-state index contributed by atoms with van der Waals surface area (Å²) in [5, 5.41) is 33.4. The first-order valence-electron chi connectivity index (χ1n) is 35.9. The number of hydrogen-bond donors (Lipinski definition) is 4. The molecule has 5 aromatic carbocycles. The van der Waals surface area contributed by atoms with E-state index in [0.29, 0.717) is 0 Å². The Morgan fingerprint density at radius 1 is 0.447 bits per heavy atom. The van der Waals surface area contributed by atoms with E-state index in [1.807, 2.05) is 80.8 Å². The minimum atomic E-state index is -0.235. The van der Waals surface area contributed by atoms with E-state index in [4.69, 9.17) is 23.2 Å². The van der Waals surface area contributed by atoms with Crippen molar-refractivity contribution in [2.24, 2.45) is 4.99 Å². The van der Waals surface area contributed by atoms with Gasteiger partial charge in [0.25, 0.3) is 0 Å². The summed E-state index contributed by atoms with van der Waals surface area (Å²) in [6.45, 7) is 53.3. The van der Waals surface area contributed by atoms with E-state index in [2.05, 4.69) is 270 Å². The van der Waals surface area contributed by atoms with Gasteiger partial charge in [-0.1, -0.05) is 65.6 Å². The molecule has 0 amide bonds. The maximum Gasteiger partial charge on any atom is 0.133 e. The van der Waals surface area contributed by atoms with Crippen LogP contribution in [0.1, 0.15) is 178 Å². The molecule has 0 bridgehead atoms. The quantitative estimate of drug-likeness (QED) is 0.0958. The predicted molar refractivity (Wildman–Crippen MR) is 426 cm³/mol. The molecule has 4 N–H and O–H groups in total. The van der Waals surface area contributed by atoms with E-state index >= 15 is 0 Å². The van der Waals surface area contributed by atoms with Crippen molar-refractivity contribution in [3.8, 4) is 0 Å². The molecule has 0 saturated heterocycles. The molecule has 5 aliphatic heterocycles. The van der Waals surface area contributed by atoms with Crippen LogP contribution in [0.5, 0.6) is 0 Å².